The van der Waals surface area contributed by atoms with Crippen LogP contribution in [0.5, 0.6) is 0 Å². The lowest BCUT2D eigenvalue weighted by molar-refractivity contribution is -0.136. The predicted molar refractivity (Wildman–Crippen MR) is 99.4 cm³/mol. The normalized spacial score (nSPS) is 13.0. The maximum atomic E-state index is 12.8. The van der Waals surface area contributed by atoms with E-state index >= 15 is 0 Å². The molecule has 0 heterocycles. The van der Waals surface area contributed by atoms with Gasteiger partial charge in [0, 0.05) is 19.0 Å². The van der Waals surface area contributed by atoms with Gasteiger partial charge in [0.1, 0.15) is 0 Å². The molecule has 1 atom stereocenters. The molecule has 2 nitrogen and oxygen atoms in total. The summed E-state index contributed by atoms with van der Waals surface area (Å²) in [4.78, 5) is 14.9. The molecule has 1 rings (SSSR count). The maximum absolute atomic E-state index is 12.8. The Bertz CT molecular complexity index is 487. The molecule has 23 heavy (non-hydrogen) atoms. The zero-order valence-corrected chi connectivity index (χ0v) is 16.0. The Morgan fingerprint density at radius 3 is 2.48 bits per heavy atom. The molecule has 130 valence electrons. The van der Waals surface area contributed by atoms with E-state index in [-0.39, 0.29) is 11.3 Å². The molecule has 2 heteroatoms. The molecule has 0 bridgehead atoms. The molecule has 0 saturated heterocycles. The molecule has 1 aromatic carbocycles. The molecule has 0 spiro atoms. The average molecular weight is 318 g/mol. The molecule has 0 aliphatic rings. The topological polar surface area (TPSA) is 20.3 Å². The number of benzene rings is 1. The molecule has 0 aromatic heterocycles. The van der Waals surface area contributed by atoms with Gasteiger partial charge in [0.05, 0.1) is 0 Å². The number of aryl methyl sites for hydroxylation is 1. The van der Waals surface area contributed by atoms with E-state index in [1.807, 2.05) is 0 Å². The van der Waals surface area contributed by atoms with E-state index < -0.39 is 0 Å². The van der Waals surface area contributed by atoms with Gasteiger partial charge in [-0.15, -0.1) is 0 Å². The summed E-state index contributed by atoms with van der Waals surface area (Å²) in [6.07, 6.45) is 5.37. The summed E-state index contributed by atoms with van der Waals surface area (Å²) in [5, 5.41) is 0. The number of hydrogen-bond donors (Lipinski definition) is 0. The van der Waals surface area contributed by atoms with Gasteiger partial charge in [-0.25, -0.2) is 0 Å². The largest absolute Gasteiger partial charge is 0.336 e. The number of carbonyl (C=O) groups is 1. The van der Waals surface area contributed by atoms with Crippen LogP contribution in [0.4, 0.5) is 0 Å². The second-order valence-electron chi connectivity index (χ2n) is 8.09. The van der Waals surface area contributed by atoms with Crippen LogP contribution in [0, 0.1) is 12.3 Å². The van der Waals surface area contributed by atoms with Crippen LogP contribution in [0.15, 0.2) is 24.3 Å². The Hall–Kier alpha value is -1.31. The Morgan fingerprint density at radius 2 is 1.91 bits per heavy atom. The van der Waals surface area contributed by atoms with Crippen molar-refractivity contribution in [2.75, 3.05) is 0 Å². The first-order valence-corrected chi connectivity index (χ1v) is 9.08. The van der Waals surface area contributed by atoms with Crippen LogP contribution in [0.3, 0.4) is 0 Å². The van der Waals surface area contributed by atoms with Crippen molar-refractivity contribution in [3.63, 3.8) is 0 Å². The number of carbonyl (C=O) groups excluding carboxylic acids is 1. The minimum Gasteiger partial charge on any atom is -0.336 e. The zero-order chi connectivity index (χ0) is 17.5. The molecule has 0 N–H and O–H groups in total. The number of rotatable bonds is 8. The number of unbranched alkanes of at least 4 members (excludes halogenated alkanes) is 2. The fraction of sp³-hybridized carbons (Fsp3) is 0.667. The van der Waals surface area contributed by atoms with Gasteiger partial charge in [-0.2, -0.15) is 0 Å². The summed E-state index contributed by atoms with van der Waals surface area (Å²) < 4.78 is 0. The summed E-state index contributed by atoms with van der Waals surface area (Å²) in [6.45, 7) is 13.7. The number of nitrogens with zero attached hydrogens (tertiary/aromatic N) is 1. The Balaban J connectivity index is 2.84. The number of hydrogen-bond acceptors (Lipinski definition) is 1. The van der Waals surface area contributed by atoms with Crippen molar-refractivity contribution < 1.29 is 4.79 Å². The molecule has 0 aliphatic heterocycles. The van der Waals surface area contributed by atoms with Crippen LogP contribution in [-0.4, -0.2) is 16.8 Å². The highest BCUT2D eigenvalue weighted by atomic mass is 16.2. The van der Waals surface area contributed by atoms with Crippen LogP contribution >= 0.6 is 0 Å². The van der Waals surface area contributed by atoms with Gasteiger partial charge >= 0.3 is 0 Å². The highest BCUT2D eigenvalue weighted by Gasteiger charge is 2.24. The first-order chi connectivity index (χ1) is 10.7. The fourth-order valence-electron chi connectivity index (χ4n) is 2.90. The fourth-order valence-corrected chi connectivity index (χ4v) is 2.90. The molecular formula is C21H35NO. The summed E-state index contributed by atoms with van der Waals surface area (Å²) in [5.41, 5.74) is 2.52. The van der Waals surface area contributed by atoms with Crippen LogP contribution < -0.4 is 0 Å². The van der Waals surface area contributed by atoms with Gasteiger partial charge in [0.15, 0.2) is 0 Å². The third kappa shape index (κ3) is 7.67. The van der Waals surface area contributed by atoms with E-state index in [1.165, 1.54) is 30.4 Å². The first-order valence-electron chi connectivity index (χ1n) is 9.08. The first kappa shape index (κ1) is 19.7. The van der Waals surface area contributed by atoms with Crippen molar-refractivity contribution in [2.24, 2.45) is 5.41 Å². The minimum absolute atomic E-state index is 0.0328. The Labute approximate surface area is 143 Å². The molecule has 0 aliphatic carbocycles. The Morgan fingerprint density at radius 1 is 1.22 bits per heavy atom. The van der Waals surface area contributed by atoms with Gasteiger partial charge in [0.2, 0.25) is 5.91 Å². The van der Waals surface area contributed by atoms with Crippen molar-refractivity contribution >= 4 is 5.91 Å². The zero-order valence-electron chi connectivity index (χ0n) is 16.0. The SMILES string of the molecule is CCCCCC(C)N(Cc1cccc(C)c1)C(=O)CC(C)(C)C. The summed E-state index contributed by atoms with van der Waals surface area (Å²) in [5.74, 6) is 0.281. The lowest BCUT2D eigenvalue weighted by Gasteiger charge is -2.32. The van der Waals surface area contributed by atoms with Crippen LogP contribution in [0.25, 0.3) is 0 Å². The van der Waals surface area contributed by atoms with E-state index in [0.29, 0.717) is 12.5 Å². The summed E-state index contributed by atoms with van der Waals surface area (Å²) >= 11 is 0. The highest BCUT2D eigenvalue weighted by Crippen LogP contribution is 2.23. The van der Waals surface area contributed by atoms with Gasteiger partial charge in [-0.05, 0) is 31.2 Å². The predicted octanol–water partition coefficient (Wildman–Crippen LogP) is 5.73. The van der Waals surface area contributed by atoms with Crippen molar-refractivity contribution in [2.45, 2.75) is 86.2 Å². The summed E-state index contributed by atoms with van der Waals surface area (Å²) in [6, 6.07) is 8.81. The van der Waals surface area contributed by atoms with Gasteiger partial charge in [-0.3, -0.25) is 4.79 Å². The van der Waals surface area contributed by atoms with Gasteiger partial charge in [-0.1, -0.05) is 76.8 Å². The van der Waals surface area contributed by atoms with Gasteiger partial charge < -0.3 is 4.90 Å². The third-order valence-electron chi connectivity index (χ3n) is 4.19. The van der Waals surface area contributed by atoms with E-state index in [1.54, 1.807) is 0 Å². The third-order valence-corrected chi connectivity index (χ3v) is 4.19. The second kappa shape index (κ2) is 9.10. The van der Waals surface area contributed by atoms with E-state index in [9.17, 15) is 4.79 Å². The van der Waals surface area contributed by atoms with Crippen molar-refractivity contribution in [3.8, 4) is 0 Å². The number of amides is 1. The standard InChI is InChI=1S/C21H35NO/c1-7-8-9-12-18(3)22(20(23)15-21(4,5)6)16-19-13-10-11-17(2)14-19/h10-11,13-14,18H,7-9,12,15-16H2,1-6H3. The van der Waals surface area contributed by atoms with Crippen LogP contribution in [-0.2, 0) is 11.3 Å². The maximum Gasteiger partial charge on any atom is 0.223 e. The smallest absolute Gasteiger partial charge is 0.223 e. The van der Waals surface area contributed by atoms with E-state index in [4.69, 9.17) is 0 Å². The van der Waals surface area contributed by atoms with Crippen LogP contribution in [0.2, 0.25) is 0 Å². The lowest BCUT2D eigenvalue weighted by atomic mass is 9.91. The molecule has 1 amide bonds. The van der Waals surface area contributed by atoms with Crippen molar-refractivity contribution in [1.82, 2.24) is 4.90 Å². The minimum atomic E-state index is 0.0328. The second-order valence-corrected chi connectivity index (χ2v) is 8.09. The molecule has 1 unspecified atom stereocenters. The van der Waals surface area contributed by atoms with Gasteiger partial charge in [0.25, 0.3) is 0 Å². The molecule has 1 aromatic rings. The van der Waals surface area contributed by atoms with Crippen molar-refractivity contribution in [3.05, 3.63) is 35.4 Å². The quantitative estimate of drug-likeness (QED) is 0.561. The molecule has 0 fully saturated rings. The highest BCUT2D eigenvalue weighted by molar-refractivity contribution is 5.77. The molecule has 0 radical (unpaired) electrons. The summed E-state index contributed by atoms with van der Waals surface area (Å²) in [7, 11) is 0. The molecule has 0 saturated carbocycles. The van der Waals surface area contributed by atoms with Crippen LogP contribution in [0.1, 0.15) is 77.8 Å². The average Bonchev–Trinajstić information content (AvgIpc) is 2.43. The van der Waals surface area contributed by atoms with Crippen molar-refractivity contribution in [1.29, 1.82) is 0 Å². The lowest BCUT2D eigenvalue weighted by Crippen LogP contribution is -2.39. The Kier molecular flexibility index (Phi) is 7.81. The van der Waals surface area contributed by atoms with E-state index in [0.717, 1.165) is 13.0 Å². The monoisotopic (exact) mass is 317 g/mol. The molecular weight excluding hydrogens is 282 g/mol. The van der Waals surface area contributed by atoms with E-state index in [2.05, 4.69) is 70.7 Å².